The minimum absolute atomic E-state index is 0.0151. The van der Waals surface area contributed by atoms with E-state index in [2.05, 4.69) is 92.9 Å². The van der Waals surface area contributed by atoms with Crippen molar-refractivity contribution in [1.82, 2.24) is 5.32 Å². The molecule has 0 aliphatic carbocycles. The number of carbonyl (C=O) groups is 2. The van der Waals surface area contributed by atoms with Gasteiger partial charge in [0.2, 0.25) is 5.91 Å². The van der Waals surface area contributed by atoms with Crippen LogP contribution in [0.1, 0.15) is 233 Å². The number of rotatable bonds is 44. The average Bonchev–Trinajstić information content (AvgIpc) is 3.24. The van der Waals surface area contributed by atoms with Gasteiger partial charge in [-0.15, -0.1) is 0 Å². The molecule has 0 rings (SSSR count). The number of nitrogens with one attached hydrogen (secondary N) is 1. The van der Waals surface area contributed by atoms with Gasteiger partial charge >= 0.3 is 5.97 Å². The van der Waals surface area contributed by atoms with Gasteiger partial charge in [0.05, 0.1) is 25.2 Å². The Kier molecular flexibility index (Phi) is 45.2. The number of aliphatic hydroxyl groups excluding tert-OH is 2. The van der Waals surface area contributed by atoms with Gasteiger partial charge in [-0.1, -0.05) is 209 Å². The summed E-state index contributed by atoms with van der Waals surface area (Å²) in [6.07, 6.45) is 59.7. The largest absolute Gasteiger partial charge is 0.462 e. The molecule has 0 heterocycles. The van der Waals surface area contributed by atoms with Crippen LogP contribution in [0, 0.1) is 0 Å². The van der Waals surface area contributed by atoms with Crippen molar-refractivity contribution in [1.29, 1.82) is 0 Å². The first-order chi connectivity index (χ1) is 29.5. The molecule has 3 unspecified atom stereocenters. The van der Waals surface area contributed by atoms with Gasteiger partial charge in [-0.05, 0) is 83.5 Å². The van der Waals surface area contributed by atoms with E-state index in [1.54, 1.807) is 0 Å². The van der Waals surface area contributed by atoms with Gasteiger partial charge in [0.25, 0.3) is 0 Å². The molecule has 0 spiro atoms. The highest BCUT2D eigenvalue weighted by atomic mass is 16.5. The van der Waals surface area contributed by atoms with Crippen LogP contribution < -0.4 is 5.32 Å². The summed E-state index contributed by atoms with van der Waals surface area (Å²) in [5.74, 6) is -0.612. The number of hydrogen-bond acceptors (Lipinski definition) is 5. The zero-order chi connectivity index (χ0) is 43.8. The third-order valence-electron chi connectivity index (χ3n) is 11.0. The summed E-state index contributed by atoms with van der Waals surface area (Å²) in [5, 5.41) is 23.7. The van der Waals surface area contributed by atoms with Crippen LogP contribution in [-0.2, 0) is 14.3 Å². The van der Waals surface area contributed by atoms with Gasteiger partial charge in [-0.25, -0.2) is 0 Å². The summed E-state index contributed by atoms with van der Waals surface area (Å²) in [6.45, 7) is 6.40. The lowest BCUT2D eigenvalue weighted by Gasteiger charge is -2.24. The standard InChI is InChI=1S/C54H95NO5/c1-4-7-10-13-16-19-22-24-25-26-27-29-31-33-36-39-42-45-50(60-54(59)47-44-41-38-35-32-28-23-20-17-14-11-8-5-2)48-53(58)55-51(49-56)52(57)46-43-40-37-34-30-21-18-15-12-9-6-3/h16,19,24-25,27-29,32-33,36,38,41,50-52,56-57H,4-15,17-18,20-23,26,30-31,34-35,37,39-40,42-49H2,1-3H3,(H,55,58)/b19-16-,25-24-,29-27-,32-28-,36-33-,41-38+. The Morgan fingerprint density at radius 1 is 0.483 bits per heavy atom. The molecule has 1 amide bonds. The van der Waals surface area contributed by atoms with Gasteiger partial charge < -0.3 is 20.3 Å². The molecule has 0 radical (unpaired) electrons. The van der Waals surface area contributed by atoms with Crippen LogP contribution in [0.2, 0.25) is 0 Å². The van der Waals surface area contributed by atoms with E-state index in [9.17, 15) is 19.8 Å². The summed E-state index contributed by atoms with van der Waals surface area (Å²) in [7, 11) is 0. The fourth-order valence-corrected chi connectivity index (χ4v) is 7.18. The Morgan fingerprint density at radius 2 is 0.867 bits per heavy atom. The van der Waals surface area contributed by atoms with Crippen molar-refractivity contribution in [2.24, 2.45) is 0 Å². The maximum Gasteiger partial charge on any atom is 0.306 e. The summed E-state index contributed by atoms with van der Waals surface area (Å²) in [4.78, 5) is 26.0. The van der Waals surface area contributed by atoms with Crippen LogP contribution in [-0.4, -0.2) is 46.9 Å². The molecule has 0 saturated carbocycles. The number of unbranched alkanes of at least 4 members (excludes halogenated alkanes) is 20. The molecule has 346 valence electrons. The summed E-state index contributed by atoms with van der Waals surface area (Å²) < 4.78 is 5.86. The van der Waals surface area contributed by atoms with Gasteiger partial charge in [0, 0.05) is 6.42 Å². The van der Waals surface area contributed by atoms with Crippen LogP contribution in [0.4, 0.5) is 0 Å². The molecule has 0 aromatic carbocycles. The highest BCUT2D eigenvalue weighted by molar-refractivity contribution is 5.77. The average molecular weight is 838 g/mol. The van der Waals surface area contributed by atoms with Gasteiger partial charge in [0.1, 0.15) is 6.10 Å². The molecule has 0 saturated heterocycles. The predicted molar refractivity (Wildman–Crippen MR) is 259 cm³/mol. The molecule has 0 fully saturated rings. The van der Waals surface area contributed by atoms with Gasteiger partial charge in [-0.2, -0.15) is 0 Å². The molecule has 60 heavy (non-hydrogen) atoms. The number of amides is 1. The molecule has 6 heteroatoms. The molecule has 0 aromatic heterocycles. The van der Waals surface area contributed by atoms with Crippen LogP contribution in [0.5, 0.6) is 0 Å². The van der Waals surface area contributed by atoms with E-state index < -0.39 is 18.2 Å². The fourth-order valence-electron chi connectivity index (χ4n) is 7.18. The van der Waals surface area contributed by atoms with Crippen molar-refractivity contribution < 1.29 is 24.5 Å². The third kappa shape index (κ3) is 42.0. The SMILES string of the molecule is CCCCC/C=C\C/C=C\C/C=C\C/C=C\CCCC(CC(=O)NC(CO)C(O)CCCCCCCCCCCCC)OC(=O)CC/C=C/C/C=C\CCCCCCCC. The summed E-state index contributed by atoms with van der Waals surface area (Å²) in [5.41, 5.74) is 0. The van der Waals surface area contributed by atoms with Crippen molar-refractivity contribution in [3.63, 3.8) is 0 Å². The van der Waals surface area contributed by atoms with Crippen molar-refractivity contribution in [2.45, 2.75) is 251 Å². The number of hydrogen-bond donors (Lipinski definition) is 3. The smallest absolute Gasteiger partial charge is 0.306 e. The highest BCUT2D eigenvalue weighted by Gasteiger charge is 2.23. The predicted octanol–water partition coefficient (Wildman–Crippen LogP) is 15.0. The first-order valence-corrected chi connectivity index (χ1v) is 25.2. The van der Waals surface area contributed by atoms with Gasteiger partial charge in [0.15, 0.2) is 0 Å². The summed E-state index contributed by atoms with van der Waals surface area (Å²) >= 11 is 0. The van der Waals surface area contributed by atoms with Gasteiger partial charge in [-0.3, -0.25) is 9.59 Å². The second-order valence-corrected chi connectivity index (χ2v) is 16.9. The van der Waals surface area contributed by atoms with Crippen molar-refractivity contribution in [2.75, 3.05) is 6.61 Å². The second kappa shape index (κ2) is 47.4. The Hall–Kier alpha value is -2.70. The van der Waals surface area contributed by atoms with Crippen LogP contribution >= 0.6 is 0 Å². The van der Waals surface area contributed by atoms with E-state index in [0.717, 1.165) is 64.2 Å². The lowest BCUT2D eigenvalue weighted by atomic mass is 10.0. The fraction of sp³-hybridized carbons (Fsp3) is 0.741. The zero-order valence-corrected chi connectivity index (χ0v) is 39.3. The number of allylic oxidation sites excluding steroid dienone is 12. The van der Waals surface area contributed by atoms with E-state index >= 15 is 0 Å². The Labute approximate surface area is 371 Å². The van der Waals surface area contributed by atoms with Crippen LogP contribution in [0.25, 0.3) is 0 Å². The summed E-state index contributed by atoms with van der Waals surface area (Å²) in [6, 6.07) is -0.731. The van der Waals surface area contributed by atoms with E-state index in [0.29, 0.717) is 19.3 Å². The molecular formula is C54H95NO5. The normalized spacial score (nSPS) is 13.9. The molecule has 3 N–H and O–H groups in total. The molecule has 3 atom stereocenters. The van der Waals surface area contributed by atoms with E-state index in [1.807, 2.05) is 6.08 Å². The van der Waals surface area contributed by atoms with E-state index in [4.69, 9.17) is 4.74 Å². The molecule has 0 bridgehead atoms. The second-order valence-electron chi connectivity index (χ2n) is 16.9. The lowest BCUT2D eigenvalue weighted by Crippen LogP contribution is -2.46. The van der Waals surface area contributed by atoms with E-state index in [-0.39, 0.29) is 31.3 Å². The molecule has 6 nitrogen and oxygen atoms in total. The number of aliphatic hydroxyl groups is 2. The van der Waals surface area contributed by atoms with Crippen molar-refractivity contribution in [3.8, 4) is 0 Å². The van der Waals surface area contributed by atoms with Crippen LogP contribution in [0.3, 0.4) is 0 Å². The molecule has 0 aromatic rings. The first-order valence-electron chi connectivity index (χ1n) is 25.2. The zero-order valence-electron chi connectivity index (χ0n) is 39.3. The minimum Gasteiger partial charge on any atom is -0.462 e. The van der Waals surface area contributed by atoms with E-state index in [1.165, 1.54) is 116 Å². The minimum atomic E-state index is -0.812. The Morgan fingerprint density at radius 3 is 1.35 bits per heavy atom. The number of carbonyl (C=O) groups excluding carboxylic acids is 2. The third-order valence-corrected chi connectivity index (χ3v) is 11.0. The highest BCUT2D eigenvalue weighted by Crippen LogP contribution is 2.16. The maximum absolute atomic E-state index is 13.2. The van der Waals surface area contributed by atoms with Crippen LogP contribution in [0.15, 0.2) is 72.9 Å². The molecular weight excluding hydrogens is 743 g/mol. The molecule has 0 aliphatic rings. The lowest BCUT2D eigenvalue weighted by molar-refractivity contribution is -0.150. The number of esters is 1. The topological polar surface area (TPSA) is 95.9 Å². The quantitative estimate of drug-likeness (QED) is 0.0323. The monoisotopic (exact) mass is 838 g/mol. The first kappa shape index (κ1) is 57.3. The molecule has 0 aliphatic heterocycles. The Balaban J connectivity index is 4.79. The van der Waals surface area contributed by atoms with Crippen molar-refractivity contribution in [3.05, 3.63) is 72.9 Å². The van der Waals surface area contributed by atoms with Crippen molar-refractivity contribution >= 4 is 11.9 Å². The number of ether oxygens (including phenoxy) is 1. The Bertz CT molecular complexity index is 1120. The maximum atomic E-state index is 13.2.